The van der Waals surface area contributed by atoms with Gasteiger partial charge in [-0.3, -0.25) is 14.9 Å². The van der Waals surface area contributed by atoms with Gasteiger partial charge in [0.1, 0.15) is 0 Å². The molecule has 0 unspecified atom stereocenters. The zero-order chi connectivity index (χ0) is 23.8. The van der Waals surface area contributed by atoms with E-state index in [2.05, 4.69) is 5.10 Å². The van der Waals surface area contributed by atoms with Crippen LogP contribution in [0.1, 0.15) is 15.9 Å². The number of ketones is 1. The molecule has 0 atom stereocenters. The van der Waals surface area contributed by atoms with Gasteiger partial charge in [-0.15, -0.1) is 9.19 Å². The van der Waals surface area contributed by atoms with Crippen molar-refractivity contribution in [3.8, 4) is 5.88 Å². The number of nitro groups is 1. The van der Waals surface area contributed by atoms with E-state index in [1.54, 1.807) is 24.3 Å². The highest BCUT2D eigenvalue weighted by Gasteiger charge is 2.25. The predicted octanol–water partition coefficient (Wildman–Crippen LogP) is 4.41. The monoisotopic (exact) mass is 485 g/mol. The van der Waals surface area contributed by atoms with E-state index in [1.807, 2.05) is 6.92 Å². The average Bonchev–Trinajstić information content (AvgIpc) is 3.17. The molecule has 33 heavy (non-hydrogen) atoms. The van der Waals surface area contributed by atoms with Gasteiger partial charge in [-0.2, -0.15) is 8.42 Å². The summed E-state index contributed by atoms with van der Waals surface area (Å²) in [6.07, 6.45) is 0. The fourth-order valence-electron chi connectivity index (χ4n) is 3.12. The lowest BCUT2D eigenvalue weighted by Gasteiger charge is -2.06. The van der Waals surface area contributed by atoms with Gasteiger partial charge in [0.05, 0.1) is 20.7 Å². The molecule has 0 fully saturated rings. The molecule has 0 aliphatic heterocycles. The molecule has 4 aromatic rings. The molecule has 4 rings (SSSR count). The van der Waals surface area contributed by atoms with Crippen LogP contribution in [0.4, 0.5) is 5.69 Å². The Kier molecular flexibility index (Phi) is 5.88. The number of hydrogen-bond acceptors (Lipinski definition) is 7. The Hall–Kier alpha value is -3.76. The molecule has 9 nitrogen and oxygen atoms in total. The lowest BCUT2D eigenvalue weighted by Crippen LogP contribution is -2.15. The van der Waals surface area contributed by atoms with Gasteiger partial charge in [0.25, 0.3) is 15.7 Å². The summed E-state index contributed by atoms with van der Waals surface area (Å²) in [5.41, 5.74) is 1.01. The first-order valence-electron chi connectivity index (χ1n) is 9.58. The summed E-state index contributed by atoms with van der Waals surface area (Å²) in [5.74, 6) is -0.618. The van der Waals surface area contributed by atoms with E-state index in [0.717, 1.165) is 15.7 Å². The SMILES string of the molecule is Cc1ccc(S(=O)(=O)n2nc(OCC(=O)c3ccc(Cl)cc3)c3cc([N+](=O)[O-])ccc32)cc1. The molecule has 1 aromatic heterocycles. The summed E-state index contributed by atoms with van der Waals surface area (Å²) in [6.45, 7) is 1.36. The summed E-state index contributed by atoms with van der Waals surface area (Å²) < 4.78 is 32.7. The minimum Gasteiger partial charge on any atom is -0.468 e. The molecule has 0 aliphatic carbocycles. The number of rotatable bonds is 7. The second kappa shape index (κ2) is 8.64. The summed E-state index contributed by atoms with van der Waals surface area (Å²) in [4.78, 5) is 23.1. The van der Waals surface area contributed by atoms with Gasteiger partial charge in [-0.25, -0.2) is 0 Å². The number of hydrogen-bond donors (Lipinski definition) is 0. The number of nitro benzene ring substituents is 1. The summed E-state index contributed by atoms with van der Waals surface area (Å²) in [7, 11) is -4.13. The molecular weight excluding hydrogens is 470 g/mol. The maximum atomic E-state index is 13.2. The highest BCUT2D eigenvalue weighted by molar-refractivity contribution is 7.90. The van der Waals surface area contributed by atoms with Crippen LogP contribution in [0.2, 0.25) is 5.02 Å². The van der Waals surface area contributed by atoms with Crippen molar-refractivity contribution in [2.45, 2.75) is 11.8 Å². The Labute approximate surface area is 193 Å². The van der Waals surface area contributed by atoms with Crippen LogP contribution in [0.5, 0.6) is 5.88 Å². The van der Waals surface area contributed by atoms with E-state index in [-0.39, 0.29) is 27.4 Å². The summed E-state index contributed by atoms with van der Waals surface area (Å²) >= 11 is 5.83. The maximum Gasteiger partial charge on any atom is 0.283 e. The third kappa shape index (κ3) is 4.43. The Morgan fingerprint density at radius 2 is 1.76 bits per heavy atom. The van der Waals surface area contributed by atoms with Crippen LogP contribution in [0.15, 0.2) is 71.6 Å². The normalized spacial score (nSPS) is 11.5. The number of benzene rings is 3. The quantitative estimate of drug-likeness (QED) is 0.216. The topological polar surface area (TPSA) is 121 Å². The van der Waals surface area contributed by atoms with Gasteiger partial charge in [-0.1, -0.05) is 29.3 Å². The van der Waals surface area contributed by atoms with Crippen LogP contribution in [-0.2, 0) is 10.0 Å². The molecule has 0 aliphatic rings. The van der Waals surface area contributed by atoms with Crippen LogP contribution in [-0.4, -0.2) is 34.9 Å². The molecule has 1 heterocycles. The standard InChI is InChI=1S/C22H16ClN3O6S/c1-14-2-9-18(10-3-14)33(30,31)25-20-11-8-17(26(28)29)12-19(20)22(24-25)32-13-21(27)15-4-6-16(23)7-5-15/h2-12H,13H2,1H3. The molecule has 11 heteroatoms. The van der Waals surface area contributed by atoms with Crippen LogP contribution in [0, 0.1) is 17.0 Å². The van der Waals surface area contributed by atoms with Crippen LogP contribution >= 0.6 is 11.6 Å². The number of carbonyl (C=O) groups is 1. The number of halogens is 1. The number of ether oxygens (including phenoxy) is 1. The van der Waals surface area contributed by atoms with E-state index in [9.17, 15) is 23.3 Å². The first kappa shape index (κ1) is 22.4. The number of aryl methyl sites for hydroxylation is 1. The predicted molar refractivity (Wildman–Crippen MR) is 121 cm³/mol. The Morgan fingerprint density at radius 1 is 1.09 bits per heavy atom. The Bertz CT molecular complexity index is 1480. The van der Waals surface area contributed by atoms with E-state index >= 15 is 0 Å². The molecule has 0 saturated carbocycles. The van der Waals surface area contributed by atoms with Crippen LogP contribution in [0.25, 0.3) is 10.9 Å². The van der Waals surface area contributed by atoms with E-state index < -0.39 is 27.3 Å². The smallest absolute Gasteiger partial charge is 0.283 e. The van der Waals surface area contributed by atoms with Gasteiger partial charge in [0, 0.05) is 22.7 Å². The van der Waals surface area contributed by atoms with E-state index in [4.69, 9.17) is 16.3 Å². The van der Waals surface area contributed by atoms with Crippen LogP contribution < -0.4 is 4.74 Å². The van der Waals surface area contributed by atoms with Gasteiger partial charge in [0.2, 0.25) is 5.88 Å². The van der Waals surface area contributed by atoms with Crippen molar-refractivity contribution >= 4 is 44.0 Å². The fraction of sp³-hybridized carbons (Fsp3) is 0.0909. The molecule has 0 radical (unpaired) electrons. The van der Waals surface area contributed by atoms with Crippen molar-refractivity contribution in [1.82, 2.24) is 9.19 Å². The number of nitrogens with zero attached hydrogens (tertiary/aromatic N) is 3. The molecule has 0 N–H and O–H groups in total. The highest BCUT2D eigenvalue weighted by atomic mass is 35.5. The zero-order valence-corrected chi connectivity index (χ0v) is 18.7. The maximum absolute atomic E-state index is 13.2. The van der Waals surface area contributed by atoms with Crippen LogP contribution in [0.3, 0.4) is 0 Å². The molecule has 0 spiro atoms. The Balaban J connectivity index is 1.76. The van der Waals surface area contributed by atoms with Gasteiger partial charge in [-0.05, 0) is 49.4 Å². The van der Waals surface area contributed by atoms with Gasteiger partial charge >= 0.3 is 0 Å². The third-order valence-electron chi connectivity index (χ3n) is 4.86. The summed E-state index contributed by atoms with van der Waals surface area (Å²) in [6, 6.07) is 15.9. The second-order valence-electron chi connectivity index (χ2n) is 7.14. The molecule has 3 aromatic carbocycles. The third-order valence-corrected chi connectivity index (χ3v) is 6.72. The number of Topliss-reactive ketones (excluding diaryl/α,β-unsaturated/α-hetero) is 1. The highest BCUT2D eigenvalue weighted by Crippen LogP contribution is 2.31. The van der Waals surface area contributed by atoms with Gasteiger partial charge < -0.3 is 4.74 Å². The minimum absolute atomic E-state index is 0.0142. The Morgan fingerprint density at radius 3 is 2.39 bits per heavy atom. The van der Waals surface area contributed by atoms with Crippen molar-refractivity contribution < 1.29 is 22.9 Å². The second-order valence-corrected chi connectivity index (χ2v) is 9.35. The first-order valence-corrected chi connectivity index (χ1v) is 11.4. The minimum atomic E-state index is -4.13. The summed E-state index contributed by atoms with van der Waals surface area (Å²) in [5, 5.41) is 15.8. The number of aromatic nitrogens is 2. The van der Waals surface area contributed by atoms with Gasteiger partial charge in [0.15, 0.2) is 12.4 Å². The van der Waals surface area contributed by atoms with Crippen molar-refractivity contribution in [3.05, 3.63) is 93.0 Å². The van der Waals surface area contributed by atoms with Crippen molar-refractivity contribution in [2.75, 3.05) is 6.61 Å². The first-order chi connectivity index (χ1) is 15.7. The zero-order valence-electron chi connectivity index (χ0n) is 17.1. The fourth-order valence-corrected chi connectivity index (χ4v) is 4.52. The number of non-ortho nitro benzene ring substituents is 1. The number of carbonyl (C=O) groups excluding carboxylic acids is 1. The molecule has 0 amide bonds. The van der Waals surface area contributed by atoms with Crippen molar-refractivity contribution in [2.24, 2.45) is 0 Å². The largest absolute Gasteiger partial charge is 0.468 e. The average molecular weight is 486 g/mol. The number of fused-ring (bicyclic) bond motifs is 1. The van der Waals surface area contributed by atoms with E-state index in [0.29, 0.717) is 10.6 Å². The lowest BCUT2D eigenvalue weighted by atomic mass is 10.1. The molecule has 0 bridgehead atoms. The molecule has 0 saturated heterocycles. The molecular formula is C22H16ClN3O6S. The molecule has 168 valence electrons. The van der Waals surface area contributed by atoms with E-state index in [1.165, 1.54) is 36.4 Å². The van der Waals surface area contributed by atoms with Crippen molar-refractivity contribution in [3.63, 3.8) is 0 Å². The lowest BCUT2D eigenvalue weighted by molar-refractivity contribution is -0.384. The van der Waals surface area contributed by atoms with Crippen molar-refractivity contribution in [1.29, 1.82) is 0 Å².